The van der Waals surface area contributed by atoms with Crippen molar-refractivity contribution >= 4 is 0 Å². The van der Waals surface area contributed by atoms with Gasteiger partial charge in [0, 0.05) is 0 Å². The van der Waals surface area contributed by atoms with Gasteiger partial charge in [-0.15, -0.1) is 0 Å². The van der Waals surface area contributed by atoms with Gasteiger partial charge in [-0.25, -0.2) is 8.78 Å². The van der Waals surface area contributed by atoms with Crippen LogP contribution in [-0.4, -0.2) is 12.3 Å². The molecule has 1 rings (SSSR count). The Kier molecular flexibility index (Phi) is 1.25. The van der Waals surface area contributed by atoms with E-state index < -0.39 is 12.3 Å². The van der Waals surface area contributed by atoms with E-state index in [9.17, 15) is 8.78 Å². The molecule has 4 atom stereocenters. The van der Waals surface area contributed by atoms with Gasteiger partial charge >= 0.3 is 0 Å². The van der Waals surface area contributed by atoms with Crippen molar-refractivity contribution in [3.05, 3.63) is 0 Å². The van der Waals surface area contributed by atoms with Gasteiger partial charge < -0.3 is 0 Å². The van der Waals surface area contributed by atoms with Crippen molar-refractivity contribution in [3.63, 3.8) is 0 Å². The van der Waals surface area contributed by atoms with Gasteiger partial charge in [-0.3, -0.25) is 0 Å². The third kappa shape index (κ3) is 0.550. The van der Waals surface area contributed by atoms with Crippen molar-refractivity contribution in [2.45, 2.75) is 26.2 Å². The normalized spacial score (nSPS) is 55.5. The van der Waals surface area contributed by atoms with E-state index in [-0.39, 0.29) is 11.8 Å². The molecule has 4 unspecified atom stereocenters. The SMILES string of the molecule is CC1C(C)C(F)C1F. The van der Waals surface area contributed by atoms with Crippen molar-refractivity contribution in [1.29, 1.82) is 0 Å². The number of hydrogen-bond acceptors (Lipinski definition) is 0. The van der Waals surface area contributed by atoms with E-state index in [2.05, 4.69) is 0 Å². The lowest BCUT2D eigenvalue weighted by molar-refractivity contribution is -0.0484. The smallest absolute Gasteiger partial charge is 0.134 e. The van der Waals surface area contributed by atoms with Crippen LogP contribution in [0.5, 0.6) is 0 Å². The summed E-state index contributed by atoms with van der Waals surface area (Å²) in [5.74, 6) is -0.130. The highest BCUT2D eigenvalue weighted by molar-refractivity contribution is 4.93. The van der Waals surface area contributed by atoms with Gasteiger partial charge in [0.1, 0.15) is 12.3 Å². The predicted octanol–water partition coefficient (Wildman–Crippen LogP) is 1.95. The molecule has 0 saturated heterocycles. The van der Waals surface area contributed by atoms with Gasteiger partial charge in [-0.2, -0.15) is 0 Å². The summed E-state index contributed by atoms with van der Waals surface area (Å²) in [6, 6.07) is 0. The number of alkyl halides is 2. The van der Waals surface area contributed by atoms with Gasteiger partial charge in [0.15, 0.2) is 0 Å². The van der Waals surface area contributed by atoms with Crippen molar-refractivity contribution in [2.24, 2.45) is 11.8 Å². The Morgan fingerprint density at radius 3 is 1.25 bits per heavy atom. The third-order valence-corrected chi connectivity index (χ3v) is 2.14. The van der Waals surface area contributed by atoms with Crippen molar-refractivity contribution in [1.82, 2.24) is 0 Å². The zero-order chi connectivity index (χ0) is 6.31. The fraction of sp³-hybridized carbons (Fsp3) is 1.00. The van der Waals surface area contributed by atoms with Crippen LogP contribution < -0.4 is 0 Å². The summed E-state index contributed by atoms with van der Waals surface area (Å²) < 4.78 is 24.4. The maximum atomic E-state index is 12.2. The van der Waals surface area contributed by atoms with E-state index in [1.165, 1.54) is 0 Å². The van der Waals surface area contributed by atoms with E-state index in [1.807, 2.05) is 0 Å². The van der Waals surface area contributed by atoms with Crippen LogP contribution in [0.15, 0.2) is 0 Å². The molecule has 48 valence electrons. The molecule has 1 aliphatic carbocycles. The second kappa shape index (κ2) is 1.67. The van der Waals surface area contributed by atoms with Gasteiger partial charge in [0.05, 0.1) is 0 Å². The first kappa shape index (κ1) is 5.99. The average molecular weight is 120 g/mol. The monoisotopic (exact) mass is 120 g/mol. The Morgan fingerprint density at radius 2 is 1.12 bits per heavy atom. The molecule has 0 spiro atoms. The van der Waals surface area contributed by atoms with E-state index >= 15 is 0 Å². The first-order valence-corrected chi connectivity index (χ1v) is 2.92. The number of rotatable bonds is 0. The highest BCUT2D eigenvalue weighted by Gasteiger charge is 2.45. The first-order valence-electron chi connectivity index (χ1n) is 2.92. The van der Waals surface area contributed by atoms with Gasteiger partial charge in [0.25, 0.3) is 0 Å². The Hall–Kier alpha value is -0.140. The standard InChI is InChI=1S/C6H10F2/c1-3-4(2)6(8)5(3)7/h3-6H,1-2H3. The Morgan fingerprint density at radius 1 is 0.875 bits per heavy atom. The molecule has 1 fully saturated rings. The lowest BCUT2D eigenvalue weighted by atomic mass is 9.73. The molecule has 0 radical (unpaired) electrons. The maximum absolute atomic E-state index is 12.2. The molecule has 0 bridgehead atoms. The fourth-order valence-electron chi connectivity index (χ4n) is 1.01. The predicted molar refractivity (Wildman–Crippen MR) is 28.1 cm³/mol. The van der Waals surface area contributed by atoms with Gasteiger partial charge in [-0.1, -0.05) is 13.8 Å². The molecular formula is C6H10F2. The van der Waals surface area contributed by atoms with Gasteiger partial charge in [0.2, 0.25) is 0 Å². The maximum Gasteiger partial charge on any atom is 0.134 e. The van der Waals surface area contributed by atoms with Crippen LogP contribution in [0.3, 0.4) is 0 Å². The first-order chi connectivity index (χ1) is 3.64. The summed E-state index contributed by atoms with van der Waals surface area (Å²) in [5.41, 5.74) is 0. The van der Waals surface area contributed by atoms with E-state index in [0.717, 1.165) is 0 Å². The van der Waals surface area contributed by atoms with E-state index in [1.54, 1.807) is 13.8 Å². The second-order valence-corrected chi connectivity index (χ2v) is 2.61. The molecule has 2 heteroatoms. The zero-order valence-corrected chi connectivity index (χ0v) is 5.07. The van der Waals surface area contributed by atoms with Crippen LogP contribution in [0.1, 0.15) is 13.8 Å². The molecule has 8 heavy (non-hydrogen) atoms. The molecular weight excluding hydrogens is 110 g/mol. The largest absolute Gasteiger partial charge is 0.244 e. The van der Waals surface area contributed by atoms with Crippen LogP contribution in [0.25, 0.3) is 0 Å². The second-order valence-electron chi connectivity index (χ2n) is 2.61. The molecule has 0 aromatic carbocycles. The van der Waals surface area contributed by atoms with Crippen molar-refractivity contribution in [2.75, 3.05) is 0 Å². The van der Waals surface area contributed by atoms with Crippen LogP contribution >= 0.6 is 0 Å². The summed E-state index contributed by atoms with van der Waals surface area (Å²) in [6.45, 7) is 3.48. The van der Waals surface area contributed by atoms with Crippen LogP contribution in [0.4, 0.5) is 8.78 Å². The third-order valence-electron chi connectivity index (χ3n) is 2.14. The topological polar surface area (TPSA) is 0 Å². The highest BCUT2D eigenvalue weighted by Crippen LogP contribution is 2.38. The van der Waals surface area contributed by atoms with Crippen LogP contribution in [-0.2, 0) is 0 Å². The lowest BCUT2D eigenvalue weighted by Gasteiger charge is -2.38. The molecule has 0 N–H and O–H groups in total. The Labute approximate surface area is 47.9 Å². The summed E-state index contributed by atoms with van der Waals surface area (Å²) in [4.78, 5) is 0. The number of halogens is 2. The minimum Gasteiger partial charge on any atom is -0.244 e. The van der Waals surface area contributed by atoms with Crippen LogP contribution in [0.2, 0.25) is 0 Å². The van der Waals surface area contributed by atoms with E-state index in [4.69, 9.17) is 0 Å². The summed E-state index contributed by atoms with van der Waals surface area (Å²) >= 11 is 0. The molecule has 0 aromatic heterocycles. The van der Waals surface area contributed by atoms with Gasteiger partial charge in [-0.05, 0) is 11.8 Å². The molecule has 0 nitrogen and oxygen atoms in total. The quantitative estimate of drug-likeness (QED) is 0.458. The Bertz CT molecular complexity index is 60.5. The molecule has 0 amide bonds. The molecule has 1 aliphatic rings. The average Bonchev–Trinajstić information content (AvgIpc) is 1.83. The lowest BCUT2D eigenvalue weighted by Crippen LogP contribution is -2.47. The molecule has 1 saturated carbocycles. The van der Waals surface area contributed by atoms with E-state index in [0.29, 0.717) is 0 Å². The highest BCUT2D eigenvalue weighted by atomic mass is 19.2. The minimum atomic E-state index is -1.19. The molecule has 0 aromatic rings. The van der Waals surface area contributed by atoms with Crippen LogP contribution in [0, 0.1) is 11.8 Å². The summed E-state index contributed by atoms with van der Waals surface area (Å²) in [7, 11) is 0. The van der Waals surface area contributed by atoms with Crippen molar-refractivity contribution < 1.29 is 8.78 Å². The summed E-state index contributed by atoms with van der Waals surface area (Å²) in [6.07, 6.45) is -2.38. The number of hydrogen-bond donors (Lipinski definition) is 0. The van der Waals surface area contributed by atoms with Crippen molar-refractivity contribution in [3.8, 4) is 0 Å². The molecule has 0 aliphatic heterocycles. The summed E-state index contributed by atoms with van der Waals surface area (Å²) in [5, 5.41) is 0. The zero-order valence-electron chi connectivity index (χ0n) is 5.07. The fourth-order valence-corrected chi connectivity index (χ4v) is 1.01. The Balaban J connectivity index is 2.42. The molecule has 0 heterocycles. The minimum absolute atomic E-state index is 0.0648.